The van der Waals surface area contributed by atoms with Crippen molar-refractivity contribution in [1.29, 1.82) is 0 Å². The number of carbonyl (C=O) groups is 2. The standard InChI is InChI=1S/C25H20F3N3O4/c1-12-18(27)6-3-14(20(12)28)9-29-24(34)17-11-30-16-5-2-13-8-15(26)4-7-19(13)31(10-16)25(35)21(30)23(33)22(17)32/h3-4,6-8,11,16,33H,2,5,9-10H2,1H3,(H,29,34)/t16-/m1/s1. The Kier molecular flexibility index (Phi) is 5.38. The molecule has 3 heterocycles. The minimum absolute atomic E-state index is 0.0270. The Morgan fingerprint density at radius 1 is 1.17 bits per heavy atom. The molecule has 2 aliphatic rings. The zero-order chi connectivity index (χ0) is 25.0. The second-order valence-corrected chi connectivity index (χ2v) is 8.69. The normalized spacial score (nSPS) is 16.4. The fourth-order valence-electron chi connectivity index (χ4n) is 4.69. The van der Waals surface area contributed by atoms with Gasteiger partial charge in [0.1, 0.15) is 23.0 Å². The molecule has 0 fully saturated rings. The number of pyridine rings is 1. The number of aromatic nitrogens is 1. The molecule has 2 bridgehead atoms. The molecule has 2 amide bonds. The monoisotopic (exact) mass is 483 g/mol. The van der Waals surface area contributed by atoms with Gasteiger partial charge in [0, 0.05) is 36.1 Å². The highest BCUT2D eigenvalue weighted by atomic mass is 19.1. The van der Waals surface area contributed by atoms with Crippen molar-refractivity contribution < 1.29 is 27.9 Å². The summed E-state index contributed by atoms with van der Waals surface area (Å²) in [5.41, 5.74) is -0.738. The Balaban J connectivity index is 1.49. The Hall–Kier alpha value is -4.08. The smallest absolute Gasteiger partial charge is 0.279 e. The third-order valence-electron chi connectivity index (χ3n) is 6.61. The summed E-state index contributed by atoms with van der Waals surface area (Å²) in [6.07, 6.45) is 2.13. The second-order valence-electron chi connectivity index (χ2n) is 8.69. The number of hydrogen-bond acceptors (Lipinski definition) is 4. The van der Waals surface area contributed by atoms with E-state index in [4.69, 9.17) is 0 Å². The maximum absolute atomic E-state index is 14.3. The zero-order valence-corrected chi connectivity index (χ0v) is 18.6. The summed E-state index contributed by atoms with van der Waals surface area (Å²) in [4.78, 5) is 40.3. The van der Waals surface area contributed by atoms with Crippen molar-refractivity contribution in [3.8, 4) is 5.75 Å². The summed E-state index contributed by atoms with van der Waals surface area (Å²) >= 11 is 0. The van der Waals surface area contributed by atoms with Crippen molar-refractivity contribution >= 4 is 17.5 Å². The average Bonchev–Trinajstić information content (AvgIpc) is 3.00. The Morgan fingerprint density at radius 3 is 2.71 bits per heavy atom. The van der Waals surface area contributed by atoms with Crippen LogP contribution in [-0.4, -0.2) is 28.0 Å². The van der Waals surface area contributed by atoms with Crippen LogP contribution in [0.1, 0.15) is 50.0 Å². The van der Waals surface area contributed by atoms with Gasteiger partial charge in [-0.3, -0.25) is 14.4 Å². The number of nitrogens with one attached hydrogen (secondary N) is 1. The molecular weight excluding hydrogens is 463 g/mol. The summed E-state index contributed by atoms with van der Waals surface area (Å²) in [6, 6.07) is 5.97. The third kappa shape index (κ3) is 3.65. The number of nitrogens with zero attached hydrogens (tertiary/aromatic N) is 2. The summed E-state index contributed by atoms with van der Waals surface area (Å²) in [5, 5.41) is 13.1. The van der Waals surface area contributed by atoms with Gasteiger partial charge >= 0.3 is 0 Å². The molecule has 2 N–H and O–H groups in total. The number of benzene rings is 2. The van der Waals surface area contributed by atoms with E-state index in [1.165, 1.54) is 46.9 Å². The van der Waals surface area contributed by atoms with Crippen molar-refractivity contribution in [3.63, 3.8) is 0 Å². The Labute approximate surface area is 197 Å². The predicted molar refractivity (Wildman–Crippen MR) is 120 cm³/mol. The number of anilines is 1. The molecule has 7 nitrogen and oxygen atoms in total. The molecule has 1 aromatic heterocycles. The van der Waals surface area contributed by atoms with Crippen LogP contribution in [0, 0.1) is 24.4 Å². The number of amides is 2. The average molecular weight is 483 g/mol. The molecule has 2 aliphatic heterocycles. The molecule has 0 spiro atoms. The number of halogens is 3. The van der Waals surface area contributed by atoms with Crippen molar-refractivity contribution in [3.05, 3.63) is 92.2 Å². The van der Waals surface area contributed by atoms with Gasteiger partial charge in [-0.05, 0) is 49.6 Å². The van der Waals surface area contributed by atoms with Gasteiger partial charge < -0.3 is 19.9 Å². The Morgan fingerprint density at radius 2 is 1.94 bits per heavy atom. The Bertz CT molecular complexity index is 1470. The van der Waals surface area contributed by atoms with Crippen LogP contribution in [0.5, 0.6) is 5.75 Å². The lowest BCUT2D eigenvalue weighted by molar-refractivity contribution is 0.0929. The second kappa shape index (κ2) is 8.30. The topological polar surface area (TPSA) is 91.6 Å². The van der Waals surface area contributed by atoms with Gasteiger partial charge in [-0.25, -0.2) is 13.2 Å². The molecule has 0 unspecified atom stereocenters. The fourth-order valence-corrected chi connectivity index (χ4v) is 4.69. The molecule has 0 aliphatic carbocycles. The first kappa shape index (κ1) is 22.7. The summed E-state index contributed by atoms with van der Waals surface area (Å²) in [6.45, 7) is 1.17. The van der Waals surface area contributed by atoms with Crippen molar-refractivity contribution in [2.24, 2.45) is 0 Å². The minimum Gasteiger partial charge on any atom is -0.503 e. The highest BCUT2D eigenvalue weighted by molar-refractivity contribution is 6.08. The maximum atomic E-state index is 14.3. The molecule has 5 rings (SSSR count). The van der Waals surface area contributed by atoms with E-state index >= 15 is 0 Å². The lowest BCUT2D eigenvalue weighted by atomic mass is 10.0. The van der Waals surface area contributed by atoms with E-state index in [0.717, 1.165) is 6.07 Å². The SMILES string of the molecule is Cc1c(F)ccc(CNC(=O)c2cn3c(c(O)c2=O)C(=O)N2C[C@H]3CCc3cc(F)ccc32)c1F. The summed E-state index contributed by atoms with van der Waals surface area (Å²) in [7, 11) is 0. The number of aromatic hydroxyl groups is 1. The van der Waals surface area contributed by atoms with Crippen LogP contribution < -0.4 is 15.6 Å². The molecule has 2 aromatic carbocycles. The summed E-state index contributed by atoms with van der Waals surface area (Å²) < 4.78 is 43.0. The number of aryl methyl sites for hydroxylation is 1. The third-order valence-corrected chi connectivity index (χ3v) is 6.61. The van der Waals surface area contributed by atoms with E-state index in [1.807, 2.05) is 0 Å². The number of fused-ring (bicyclic) bond motifs is 6. The largest absolute Gasteiger partial charge is 0.503 e. The van der Waals surface area contributed by atoms with E-state index in [-0.39, 0.29) is 36.0 Å². The van der Waals surface area contributed by atoms with Crippen molar-refractivity contribution in [2.45, 2.75) is 32.4 Å². The van der Waals surface area contributed by atoms with Gasteiger partial charge in [0.05, 0.1) is 6.04 Å². The van der Waals surface area contributed by atoms with Crippen LogP contribution in [-0.2, 0) is 13.0 Å². The van der Waals surface area contributed by atoms with Gasteiger partial charge in [-0.2, -0.15) is 0 Å². The predicted octanol–water partition coefficient (Wildman–Crippen LogP) is 3.36. The first-order valence-corrected chi connectivity index (χ1v) is 11.0. The zero-order valence-electron chi connectivity index (χ0n) is 18.6. The van der Waals surface area contributed by atoms with Gasteiger partial charge in [0.2, 0.25) is 5.43 Å². The van der Waals surface area contributed by atoms with Crippen LogP contribution in [0.15, 0.2) is 41.3 Å². The molecule has 0 radical (unpaired) electrons. The molecule has 10 heteroatoms. The minimum atomic E-state index is -1.04. The van der Waals surface area contributed by atoms with Crippen molar-refractivity contribution in [1.82, 2.24) is 9.88 Å². The molecular formula is C25H20F3N3O4. The van der Waals surface area contributed by atoms with Crippen molar-refractivity contribution in [2.75, 3.05) is 11.4 Å². The first-order chi connectivity index (χ1) is 16.7. The summed E-state index contributed by atoms with van der Waals surface area (Å²) in [5.74, 6) is -4.35. The molecule has 0 saturated carbocycles. The quantitative estimate of drug-likeness (QED) is 0.598. The number of rotatable bonds is 3. The first-order valence-electron chi connectivity index (χ1n) is 11.0. The van der Waals surface area contributed by atoms with E-state index in [1.54, 1.807) is 0 Å². The van der Waals surface area contributed by atoms with Crippen LogP contribution >= 0.6 is 0 Å². The van der Waals surface area contributed by atoms with Crippen LogP contribution in [0.3, 0.4) is 0 Å². The van der Waals surface area contributed by atoms with E-state index in [9.17, 15) is 32.7 Å². The van der Waals surface area contributed by atoms with Crippen LogP contribution in [0.4, 0.5) is 18.9 Å². The molecule has 3 aromatic rings. The van der Waals surface area contributed by atoms with Gasteiger partial charge in [-0.15, -0.1) is 0 Å². The number of hydrogen-bond donors (Lipinski definition) is 2. The molecule has 1 atom stereocenters. The maximum Gasteiger partial charge on any atom is 0.279 e. The highest BCUT2D eigenvalue weighted by Gasteiger charge is 2.38. The van der Waals surface area contributed by atoms with Gasteiger partial charge in [0.25, 0.3) is 11.8 Å². The molecule has 0 saturated heterocycles. The highest BCUT2D eigenvalue weighted by Crippen LogP contribution is 2.37. The fraction of sp³-hybridized carbons (Fsp3) is 0.240. The van der Waals surface area contributed by atoms with Crippen LogP contribution in [0.25, 0.3) is 0 Å². The van der Waals surface area contributed by atoms with Crippen LogP contribution in [0.2, 0.25) is 0 Å². The molecule has 35 heavy (non-hydrogen) atoms. The van der Waals surface area contributed by atoms with E-state index < -0.39 is 46.0 Å². The van der Waals surface area contributed by atoms with E-state index in [2.05, 4.69) is 5.32 Å². The molecule has 180 valence electrons. The van der Waals surface area contributed by atoms with Gasteiger partial charge in [0.15, 0.2) is 11.4 Å². The number of carbonyl (C=O) groups excluding carboxylic acids is 2. The van der Waals surface area contributed by atoms with Gasteiger partial charge in [-0.1, -0.05) is 6.07 Å². The van der Waals surface area contributed by atoms with E-state index in [0.29, 0.717) is 24.1 Å². The lowest BCUT2D eigenvalue weighted by Crippen LogP contribution is -2.44. The lowest BCUT2D eigenvalue weighted by Gasteiger charge is -2.35.